The van der Waals surface area contributed by atoms with Crippen molar-refractivity contribution in [2.75, 3.05) is 17.8 Å². The van der Waals surface area contributed by atoms with Crippen LogP contribution in [0, 0.1) is 5.41 Å². The molecule has 0 aliphatic carbocycles. The van der Waals surface area contributed by atoms with Gasteiger partial charge in [-0.1, -0.05) is 0 Å². The zero-order valence-corrected chi connectivity index (χ0v) is 11.1. The van der Waals surface area contributed by atoms with Crippen LogP contribution < -0.4 is 10.5 Å². The molecule has 0 spiro atoms. The molecular weight excluding hydrogens is 254 g/mol. The van der Waals surface area contributed by atoms with Crippen molar-refractivity contribution >= 4 is 25.7 Å². The van der Waals surface area contributed by atoms with Crippen LogP contribution in [-0.4, -0.2) is 46.0 Å². The molecule has 0 radical (unpaired) electrons. The molecule has 96 valence electrons. The van der Waals surface area contributed by atoms with Crippen LogP contribution in [-0.2, 0) is 19.9 Å². The van der Waals surface area contributed by atoms with Crippen molar-refractivity contribution in [2.45, 2.75) is 19.4 Å². The Hall–Kier alpha value is -0.670. The van der Waals surface area contributed by atoms with E-state index in [-0.39, 0.29) is 5.84 Å². The fourth-order valence-electron chi connectivity index (χ4n) is 0.756. The molecule has 0 fully saturated rings. The first-order chi connectivity index (χ1) is 6.86. The summed E-state index contributed by atoms with van der Waals surface area (Å²) in [6.07, 6.45) is 0.957. The summed E-state index contributed by atoms with van der Waals surface area (Å²) in [7, 11) is -7.10. The van der Waals surface area contributed by atoms with Crippen molar-refractivity contribution in [3.05, 3.63) is 0 Å². The molecule has 0 unspecified atom stereocenters. The van der Waals surface area contributed by atoms with E-state index in [1.54, 1.807) is 0 Å². The zero-order valence-electron chi connectivity index (χ0n) is 9.44. The number of hydrogen-bond donors (Lipinski definition) is 3. The molecule has 0 atom stereocenters. The van der Waals surface area contributed by atoms with Gasteiger partial charge >= 0.3 is 0 Å². The second-order valence-corrected chi connectivity index (χ2v) is 8.19. The summed E-state index contributed by atoms with van der Waals surface area (Å²) < 4.78 is 46.7. The third-order valence-electron chi connectivity index (χ3n) is 1.81. The van der Waals surface area contributed by atoms with Crippen LogP contribution in [0.1, 0.15) is 13.8 Å². The molecule has 4 N–H and O–H groups in total. The minimum atomic E-state index is -3.77. The minimum absolute atomic E-state index is 0.338. The smallest absolute Gasteiger partial charge is 0.213 e. The predicted octanol–water partition coefficient (Wildman–Crippen LogP) is -1.34. The van der Waals surface area contributed by atoms with Crippen LogP contribution >= 0.6 is 0 Å². The first-order valence-corrected chi connectivity index (χ1v) is 8.11. The summed E-state index contributed by atoms with van der Waals surface area (Å²) in [5.41, 5.74) is 3.99. The van der Waals surface area contributed by atoms with Gasteiger partial charge in [0.25, 0.3) is 0 Å². The molecular formula is C7H17N3O4S2. The highest BCUT2D eigenvalue weighted by atomic mass is 32.2. The maximum absolute atomic E-state index is 11.5. The molecule has 0 aromatic heterocycles. The SMILES string of the molecule is CC(C)(NS(=O)(=O)CCS(C)(=O)=O)C(=N)N. The quantitative estimate of drug-likeness (QED) is 0.407. The predicted molar refractivity (Wildman–Crippen MR) is 62.6 cm³/mol. The Labute approximate surface area is 95.9 Å². The van der Waals surface area contributed by atoms with Crippen LogP contribution in [0.25, 0.3) is 0 Å². The molecule has 0 saturated carbocycles. The highest BCUT2D eigenvalue weighted by Gasteiger charge is 2.28. The van der Waals surface area contributed by atoms with Crippen LogP contribution in [0.15, 0.2) is 0 Å². The van der Waals surface area contributed by atoms with Crippen molar-refractivity contribution in [3.8, 4) is 0 Å². The molecule has 0 aliphatic heterocycles. The Kier molecular flexibility index (Phi) is 4.48. The zero-order chi connectivity index (χ0) is 13.2. The lowest BCUT2D eigenvalue weighted by molar-refractivity contribution is 0.542. The van der Waals surface area contributed by atoms with E-state index in [4.69, 9.17) is 11.1 Å². The number of nitrogens with one attached hydrogen (secondary N) is 2. The first-order valence-electron chi connectivity index (χ1n) is 4.40. The van der Waals surface area contributed by atoms with Gasteiger partial charge in [-0.2, -0.15) is 0 Å². The highest BCUT2D eigenvalue weighted by molar-refractivity contribution is 7.93. The monoisotopic (exact) mass is 271 g/mol. The van der Waals surface area contributed by atoms with E-state index in [2.05, 4.69) is 4.72 Å². The van der Waals surface area contributed by atoms with Gasteiger partial charge in [0.05, 0.1) is 17.0 Å². The highest BCUT2D eigenvalue weighted by Crippen LogP contribution is 2.04. The van der Waals surface area contributed by atoms with Gasteiger partial charge in [0.2, 0.25) is 10.0 Å². The normalized spacial score (nSPS) is 13.7. The molecule has 0 bridgehead atoms. The van der Waals surface area contributed by atoms with E-state index in [1.165, 1.54) is 13.8 Å². The Morgan fingerprint density at radius 3 is 2.00 bits per heavy atom. The van der Waals surface area contributed by atoms with Gasteiger partial charge in [-0.15, -0.1) is 0 Å². The number of hydrogen-bond acceptors (Lipinski definition) is 5. The lowest BCUT2D eigenvalue weighted by Crippen LogP contribution is -2.53. The van der Waals surface area contributed by atoms with Crippen molar-refractivity contribution in [2.24, 2.45) is 5.73 Å². The summed E-state index contributed by atoms with van der Waals surface area (Å²) >= 11 is 0. The molecule has 0 aliphatic rings. The fraction of sp³-hybridized carbons (Fsp3) is 0.857. The van der Waals surface area contributed by atoms with Crippen LogP contribution in [0.2, 0.25) is 0 Å². The molecule has 0 aromatic rings. The van der Waals surface area contributed by atoms with E-state index >= 15 is 0 Å². The Morgan fingerprint density at radius 2 is 1.69 bits per heavy atom. The topological polar surface area (TPSA) is 130 Å². The Morgan fingerprint density at radius 1 is 1.25 bits per heavy atom. The summed E-state index contributed by atoms with van der Waals surface area (Å²) in [5.74, 6) is -1.34. The number of sulfone groups is 1. The van der Waals surface area contributed by atoms with Crippen LogP contribution in [0.3, 0.4) is 0 Å². The Balaban J connectivity index is 4.67. The standard InChI is InChI=1S/C7H17N3O4S2/c1-7(2,6(8)9)10-16(13,14)5-4-15(3,11)12/h10H,4-5H2,1-3H3,(H3,8,9). The molecule has 0 saturated heterocycles. The van der Waals surface area contributed by atoms with E-state index < -0.39 is 36.9 Å². The summed E-state index contributed by atoms with van der Waals surface area (Å²) in [6, 6.07) is 0. The van der Waals surface area contributed by atoms with Crippen molar-refractivity contribution < 1.29 is 16.8 Å². The van der Waals surface area contributed by atoms with Crippen molar-refractivity contribution in [3.63, 3.8) is 0 Å². The third kappa shape index (κ3) is 6.03. The van der Waals surface area contributed by atoms with Gasteiger partial charge in [0.1, 0.15) is 15.7 Å². The molecule has 9 heteroatoms. The van der Waals surface area contributed by atoms with E-state index in [0.717, 1.165) is 6.26 Å². The van der Waals surface area contributed by atoms with Crippen molar-refractivity contribution in [1.82, 2.24) is 4.72 Å². The average molecular weight is 271 g/mol. The summed E-state index contributed by atoms with van der Waals surface area (Å²) in [6.45, 7) is 2.85. The minimum Gasteiger partial charge on any atom is -0.386 e. The van der Waals surface area contributed by atoms with Crippen LogP contribution in [0.5, 0.6) is 0 Å². The van der Waals surface area contributed by atoms with Gasteiger partial charge in [-0.05, 0) is 13.8 Å². The first kappa shape index (κ1) is 15.3. The van der Waals surface area contributed by atoms with Crippen molar-refractivity contribution in [1.29, 1.82) is 5.41 Å². The third-order valence-corrected chi connectivity index (χ3v) is 4.57. The van der Waals surface area contributed by atoms with Gasteiger partial charge in [0.15, 0.2) is 0 Å². The lowest BCUT2D eigenvalue weighted by Gasteiger charge is -2.24. The molecule has 16 heavy (non-hydrogen) atoms. The van der Waals surface area contributed by atoms with E-state index in [0.29, 0.717) is 0 Å². The molecule has 0 aromatic carbocycles. The second kappa shape index (κ2) is 4.68. The summed E-state index contributed by atoms with van der Waals surface area (Å²) in [4.78, 5) is 0. The number of sulfonamides is 1. The maximum Gasteiger partial charge on any atom is 0.213 e. The van der Waals surface area contributed by atoms with Gasteiger partial charge < -0.3 is 5.73 Å². The second-order valence-electron chi connectivity index (χ2n) is 4.09. The summed E-state index contributed by atoms with van der Waals surface area (Å²) in [5, 5.41) is 7.16. The maximum atomic E-state index is 11.5. The molecule has 0 rings (SSSR count). The number of amidine groups is 1. The van der Waals surface area contributed by atoms with E-state index in [1.807, 2.05) is 0 Å². The number of rotatable bonds is 6. The Bertz CT molecular complexity index is 464. The number of nitrogens with two attached hydrogens (primary N) is 1. The largest absolute Gasteiger partial charge is 0.386 e. The molecule has 0 heterocycles. The lowest BCUT2D eigenvalue weighted by atomic mass is 10.1. The van der Waals surface area contributed by atoms with Gasteiger partial charge in [0, 0.05) is 6.26 Å². The van der Waals surface area contributed by atoms with Crippen LogP contribution in [0.4, 0.5) is 0 Å². The molecule has 0 amide bonds. The average Bonchev–Trinajstić information content (AvgIpc) is 1.97. The van der Waals surface area contributed by atoms with Gasteiger partial charge in [-0.3, -0.25) is 5.41 Å². The van der Waals surface area contributed by atoms with Gasteiger partial charge in [-0.25, -0.2) is 21.6 Å². The molecule has 7 nitrogen and oxygen atoms in total. The fourth-order valence-corrected chi connectivity index (χ4v) is 3.83. The van der Waals surface area contributed by atoms with E-state index in [9.17, 15) is 16.8 Å².